The van der Waals surface area contributed by atoms with Gasteiger partial charge in [-0.2, -0.15) is 0 Å². The maximum absolute atomic E-state index is 10.0. The molecule has 1 fully saturated rings. The van der Waals surface area contributed by atoms with Crippen molar-refractivity contribution >= 4 is 0 Å². The summed E-state index contributed by atoms with van der Waals surface area (Å²) in [6.45, 7) is 5.06. The smallest absolute Gasteiger partial charge is 0.162 e. The van der Waals surface area contributed by atoms with Gasteiger partial charge in [-0.3, -0.25) is 4.90 Å². The number of piperazine rings is 1. The molecule has 1 N–H and O–H groups in total. The lowest BCUT2D eigenvalue weighted by Crippen LogP contribution is -2.43. The van der Waals surface area contributed by atoms with Gasteiger partial charge in [0.25, 0.3) is 0 Å². The minimum atomic E-state index is 0.272. The van der Waals surface area contributed by atoms with E-state index in [0.29, 0.717) is 5.75 Å². The molecule has 4 nitrogen and oxygen atoms in total. The number of hydrogen-bond donors (Lipinski definition) is 1. The van der Waals surface area contributed by atoms with Crippen LogP contribution in [-0.4, -0.2) is 55.2 Å². The van der Waals surface area contributed by atoms with Crippen LogP contribution in [0.15, 0.2) is 18.2 Å². The number of likely N-dealkylation sites (N-methyl/N-ethyl adjacent to an activating group) is 1. The average molecular weight is 236 g/mol. The molecule has 17 heavy (non-hydrogen) atoms. The highest BCUT2D eigenvalue weighted by Crippen LogP contribution is 2.30. The molecule has 1 heterocycles. The predicted octanol–water partition coefficient (Wildman–Crippen LogP) is 1.15. The van der Waals surface area contributed by atoms with Crippen LogP contribution in [0.4, 0.5) is 0 Å². The van der Waals surface area contributed by atoms with Gasteiger partial charge >= 0.3 is 0 Å². The van der Waals surface area contributed by atoms with Crippen molar-refractivity contribution in [1.82, 2.24) is 9.80 Å². The molecule has 0 bridgehead atoms. The van der Waals surface area contributed by atoms with Gasteiger partial charge in [0.15, 0.2) is 11.5 Å². The van der Waals surface area contributed by atoms with Crippen LogP contribution in [0.1, 0.15) is 5.56 Å². The summed E-state index contributed by atoms with van der Waals surface area (Å²) < 4.78 is 5.12. The van der Waals surface area contributed by atoms with E-state index < -0.39 is 0 Å². The van der Waals surface area contributed by atoms with Crippen molar-refractivity contribution < 1.29 is 9.84 Å². The fourth-order valence-electron chi connectivity index (χ4n) is 2.11. The van der Waals surface area contributed by atoms with Crippen LogP contribution in [0.5, 0.6) is 11.5 Å². The Morgan fingerprint density at radius 2 is 1.94 bits per heavy atom. The number of rotatable bonds is 3. The Kier molecular flexibility index (Phi) is 3.86. The molecule has 1 aliphatic heterocycles. The highest BCUT2D eigenvalue weighted by Gasteiger charge is 2.16. The molecule has 0 amide bonds. The van der Waals surface area contributed by atoms with E-state index in [0.717, 1.165) is 38.3 Å². The molecule has 94 valence electrons. The van der Waals surface area contributed by atoms with Gasteiger partial charge in [0.2, 0.25) is 0 Å². The second kappa shape index (κ2) is 5.38. The lowest BCUT2D eigenvalue weighted by atomic mass is 10.1. The molecule has 0 aliphatic carbocycles. The van der Waals surface area contributed by atoms with Gasteiger partial charge in [-0.05, 0) is 13.1 Å². The third-order valence-corrected chi connectivity index (χ3v) is 3.29. The first-order valence-electron chi connectivity index (χ1n) is 5.96. The minimum Gasteiger partial charge on any atom is -0.504 e. The Morgan fingerprint density at radius 3 is 2.59 bits per heavy atom. The molecule has 0 spiro atoms. The minimum absolute atomic E-state index is 0.272. The average Bonchev–Trinajstić information content (AvgIpc) is 2.35. The number of hydrogen-bond acceptors (Lipinski definition) is 4. The summed E-state index contributed by atoms with van der Waals surface area (Å²) >= 11 is 0. The van der Waals surface area contributed by atoms with E-state index in [2.05, 4.69) is 16.8 Å². The highest BCUT2D eigenvalue weighted by molar-refractivity contribution is 5.45. The predicted molar refractivity (Wildman–Crippen MR) is 67.4 cm³/mol. The summed E-state index contributed by atoms with van der Waals surface area (Å²) in [5, 5.41) is 10.0. The second-order valence-electron chi connectivity index (χ2n) is 4.55. The third kappa shape index (κ3) is 2.90. The SMILES string of the molecule is COc1cccc(CN2CCN(C)CC2)c1O. The van der Waals surface area contributed by atoms with Crippen LogP contribution in [0.3, 0.4) is 0 Å². The summed E-state index contributed by atoms with van der Waals surface area (Å²) in [6, 6.07) is 5.66. The van der Waals surface area contributed by atoms with Gasteiger partial charge in [0.1, 0.15) is 0 Å². The van der Waals surface area contributed by atoms with Crippen LogP contribution >= 0.6 is 0 Å². The molecule has 0 aromatic heterocycles. The Bertz CT molecular complexity index is 374. The van der Waals surface area contributed by atoms with Crippen molar-refractivity contribution in [2.45, 2.75) is 6.54 Å². The Labute approximate surface area is 102 Å². The van der Waals surface area contributed by atoms with E-state index in [1.165, 1.54) is 0 Å². The first-order valence-corrected chi connectivity index (χ1v) is 5.96. The summed E-state index contributed by atoms with van der Waals surface area (Å²) in [5.41, 5.74) is 0.939. The van der Waals surface area contributed by atoms with Gasteiger partial charge in [-0.1, -0.05) is 12.1 Å². The van der Waals surface area contributed by atoms with Gasteiger partial charge in [0.05, 0.1) is 7.11 Å². The number of phenols is 1. The molecular weight excluding hydrogens is 216 g/mol. The molecule has 0 unspecified atom stereocenters. The summed E-state index contributed by atoms with van der Waals surface area (Å²) in [5.74, 6) is 0.825. The highest BCUT2D eigenvalue weighted by atomic mass is 16.5. The van der Waals surface area contributed by atoms with Gasteiger partial charge in [0, 0.05) is 38.3 Å². The van der Waals surface area contributed by atoms with Crippen LogP contribution in [-0.2, 0) is 6.54 Å². The second-order valence-corrected chi connectivity index (χ2v) is 4.55. The lowest BCUT2D eigenvalue weighted by molar-refractivity contribution is 0.147. The van der Waals surface area contributed by atoms with Gasteiger partial charge < -0.3 is 14.7 Å². The zero-order chi connectivity index (χ0) is 12.3. The quantitative estimate of drug-likeness (QED) is 0.854. The molecule has 2 rings (SSSR count). The van der Waals surface area contributed by atoms with Gasteiger partial charge in [-0.25, -0.2) is 0 Å². The molecule has 1 aromatic rings. The van der Waals surface area contributed by atoms with Gasteiger partial charge in [-0.15, -0.1) is 0 Å². The fourth-order valence-corrected chi connectivity index (χ4v) is 2.11. The zero-order valence-electron chi connectivity index (χ0n) is 10.5. The maximum atomic E-state index is 10.0. The van der Waals surface area contributed by atoms with Crippen LogP contribution in [0.2, 0.25) is 0 Å². The van der Waals surface area contributed by atoms with E-state index in [1.54, 1.807) is 13.2 Å². The number of methoxy groups -OCH3 is 1. The number of ether oxygens (including phenoxy) is 1. The standard InChI is InChI=1S/C13H20N2O2/c1-14-6-8-15(9-7-14)10-11-4-3-5-12(17-2)13(11)16/h3-5,16H,6-10H2,1-2H3. The van der Waals surface area contributed by atoms with Crippen LogP contribution in [0.25, 0.3) is 0 Å². The third-order valence-electron chi connectivity index (χ3n) is 3.29. The molecule has 0 atom stereocenters. The largest absolute Gasteiger partial charge is 0.504 e. The van der Waals surface area contributed by atoms with E-state index in [4.69, 9.17) is 4.74 Å². The topological polar surface area (TPSA) is 35.9 Å². The first kappa shape index (κ1) is 12.2. The number of nitrogens with zero attached hydrogens (tertiary/aromatic N) is 2. The van der Waals surface area contributed by atoms with E-state index >= 15 is 0 Å². The maximum Gasteiger partial charge on any atom is 0.162 e. The van der Waals surface area contributed by atoms with E-state index in [9.17, 15) is 5.11 Å². The molecule has 1 aromatic carbocycles. The fraction of sp³-hybridized carbons (Fsp3) is 0.538. The van der Waals surface area contributed by atoms with E-state index in [-0.39, 0.29) is 5.75 Å². The molecule has 1 saturated heterocycles. The normalized spacial score (nSPS) is 18.2. The Balaban J connectivity index is 2.03. The van der Waals surface area contributed by atoms with Crippen molar-refractivity contribution in [3.8, 4) is 11.5 Å². The molecule has 4 heteroatoms. The van der Waals surface area contributed by atoms with E-state index in [1.807, 2.05) is 12.1 Å². The molecule has 0 saturated carbocycles. The number of para-hydroxylation sites is 1. The van der Waals surface area contributed by atoms with Crippen molar-refractivity contribution in [1.29, 1.82) is 0 Å². The monoisotopic (exact) mass is 236 g/mol. The summed E-state index contributed by atoms with van der Waals surface area (Å²) in [7, 11) is 3.72. The van der Waals surface area contributed by atoms with Crippen LogP contribution in [0, 0.1) is 0 Å². The van der Waals surface area contributed by atoms with Crippen molar-refractivity contribution in [2.24, 2.45) is 0 Å². The molecule has 0 radical (unpaired) electrons. The number of aromatic hydroxyl groups is 1. The van der Waals surface area contributed by atoms with Crippen molar-refractivity contribution in [2.75, 3.05) is 40.3 Å². The zero-order valence-corrected chi connectivity index (χ0v) is 10.5. The number of phenolic OH excluding ortho intramolecular Hbond substituents is 1. The van der Waals surface area contributed by atoms with Crippen molar-refractivity contribution in [3.05, 3.63) is 23.8 Å². The molecule has 1 aliphatic rings. The summed E-state index contributed by atoms with van der Waals surface area (Å²) in [4.78, 5) is 4.68. The van der Waals surface area contributed by atoms with Crippen LogP contribution < -0.4 is 4.74 Å². The summed E-state index contributed by atoms with van der Waals surface area (Å²) in [6.07, 6.45) is 0. The Morgan fingerprint density at radius 1 is 1.24 bits per heavy atom. The molecular formula is C13H20N2O2. The first-order chi connectivity index (χ1) is 8.20. The number of benzene rings is 1. The lowest BCUT2D eigenvalue weighted by Gasteiger charge is -2.32. The Hall–Kier alpha value is -1.26. The van der Waals surface area contributed by atoms with Crippen molar-refractivity contribution in [3.63, 3.8) is 0 Å².